The molecule has 0 bridgehead atoms. The molecule has 1 aliphatic rings. The van der Waals surface area contributed by atoms with Crippen LogP contribution in [-0.4, -0.2) is 95.1 Å². The van der Waals surface area contributed by atoms with Gasteiger partial charge in [0.2, 0.25) is 23.6 Å². The molecule has 14 nitrogen and oxygen atoms in total. The largest absolute Gasteiger partial charge is 0.481 e. The molecular weight excluding hydrogens is 442 g/mol. The fourth-order valence-electron chi connectivity index (χ4n) is 3.20. The van der Waals surface area contributed by atoms with Crippen LogP contribution >= 0.6 is 0 Å². The van der Waals surface area contributed by atoms with Gasteiger partial charge in [-0.2, -0.15) is 0 Å². The molecule has 0 aromatic heterocycles. The number of nitrogens with one attached hydrogen (secondary N) is 2. The zero-order valence-electron chi connectivity index (χ0n) is 18.2. The van der Waals surface area contributed by atoms with Crippen molar-refractivity contribution in [2.24, 2.45) is 11.5 Å². The summed E-state index contributed by atoms with van der Waals surface area (Å²) in [6.07, 6.45) is 0.0729. The number of ether oxygens (including phenoxy) is 1. The van der Waals surface area contributed by atoms with Crippen LogP contribution in [0.4, 0.5) is 0 Å². The quantitative estimate of drug-likeness (QED) is 0.133. The van der Waals surface area contributed by atoms with Crippen molar-refractivity contribution in [3.05, 3.63) is 0 Å². The van der Waals surface area contributed by atoms with Crippen LogP contribution in [0.1, 0.15) is 38.5 Å². The second-order valence-corrected chi connectivity index (χ2v) is 7.52. The number of carbonyl (C=O) groups is 6. The third-order valence-electron chi connectivity index (χ3n) is 4.96. The summed E-state index contributed by atoms with van der Waals surface area (Å²) in [5.41, 5.74) is 10.9. The number of nitrogens with two attached hydrogens (primary N) is 2. The number of likely N-dealkylation sites (tertiary alicyclic amines) is 1. The maximum Gasteiger partial charge on any atom is 0.303 e. The monoisotopic (exact) mass is 473 g/mol. The Morgan fingerprint density at radius 1 is 1.03 bits per heavy atom. The van der Waals surface area contributed by atoms with Gasteiger partial charge in [0.25, 0.3) is 0 Å². The van der Waals surface area contributed by atoms with Gasteiger partial charge in [-0.05, 0) is 25.7 Å². The predicted octanol–water partition coefficient (Wildman–Crippen LogP) is -2.86. The zero-order chi connectivity index (χ0) is 25.0. The lowest BCUT2D eigenvalue weighted by Gasteiger charge is -2.22. The van der Waals surface area contributed by atoms with Crippen LogP contribution in [0.25, 0.3) is 0 Å². The number of nitrogens with zero attached hydrogens (tertiary/aromatic N) is 1. The maximum absolute atomic E-state index is 12.4. The van der Waals surface area contributed by atoms with Gasteiger partial charge in [-0.1, -0.05) is 0 Å². The molecular formula is C19H31N5O9. The van der Waals surface area contributed by atoms with Crippen molar-refractivity contribution in [3.8, 4) is 0 Å². The lowest BCUT2D eigenvalue weighted by molar-refractivity contribution is -0.141. The predicted molar refractivity (Wildman–Crippen MR) is 111 cm³/mol. The van der Waals surface area contributed by atoms with E-state index >= 15 is 0 Å². The molecule has 0 spiro atoms. The lowest BCUT2D eigenvalue weighted by Crippen LogP contribution is -2.52. The molecule has 186 valence electrons. The third-order valence-corrected chi connectivity index (χ3v) is 4.96. The van der Waals surface area contributed by atoms with Gasteiger partial charge in [-0.3, -0.25) is 28.8 Å². The molecule has 33 heavy (non-hydrogen) atoms. The first-order valence-corrected chi connectivity index (χ1v) is 10.5. The van der Waals surface area contributed by atoms with Crippen molar-refractivity contribution in [1.29, 1.82) is 0 Å². The van der Waals surface area contributed by atoms with Crippen LogP contribution in [0, 0.1) is 0 Å². The smallest absolute Gasteiger partial charge is 0.303 e. The van der Waals surface area contributed by atoms with E-state index in [2.05, 4.69) is 10.6 Å². The number of rotatable bonds is 15. The Balaban J connectivity index is 2.46. The van der Waals surface area contributed by atoms with Gasteiger partial charge >= 0.3 is 11.9 Å². The minimum Gasteiger partial charge on any atom is -0.481 e. The van der Waals surface area contributed by atoms with Crippen molar-refractivity contribution >= 4 is 35.6 Å². The van der Waals surface area contributed by atoms with Gasteiger partial charge in [-0.25, -0.2) is 0 Å². The van der Waals surface area contributed by atoms with Crippen LogP contribution < -0.4 is 22.1 Å². The van der Waals surface area contributed by atoms with E-state index in [0.717, 1.165) is 0 Å². The van der Waals surface area contributed by atoms with E-state index in [1.165, 1.54) is 4.90 Å². The van der Waals surface area contributed by atoms with E-state index in [9.17, 15) is 28.8 Å². The summed E-state index contributed by atoms with van der Waals surface area (Å²) in [5.74, 6) is -4.74. The minimum atomic E-state index is -1.20. The van der Waals surface area contributed by atoms with Gasteiger partial charge in [0.05, 0.1) is 12.6 Å². The molecule has 0 aromatic rings. The first-order chi connectivity index (χ1) is 15.5. The number of primary amides is 1. The molecule has 0 saturated carbocycles. The maximum atomic E-state index is 12.4. The van der Waals surface area contributed by atoms with Crippen LogP contribution in [-0.2, 0) is 33.5 Å². The topological polar surface area (TPSA) is 231 Å². The van der Waals surface area contributed by atoms with Crippen LogP contribution in [0.3, 0.4) is 0 Å². The van der Waals surface area contributed by atoms with Crippen molar-refractivity contribution in [3.63, 3.8) is 0 Å². The molecule has 0 aromatic carbocycles. The summed E-state index contributed by atoms with van der Waals surface area (Å²) in [6.45, 7) is 0.0174. The molecule has 0 unspecified atom stereocenters. The molecule has 1 aliphatic heterocycles. The van der Waals surface area contributed by atoms with E-state index in [0.29, 0.717) is 19.4 Å². The highest BCUT2D eigenvalue weighted by Gasteiger charge is 2.32. The van der Waals surface area contributed by atoms with E-state index in [1.807, 2.05) is 0 Å². The molecule has 1 rings (SSSR count). The zero-order valence-corrected chi connectivity index (χ0v) is 18.2. The van der Waals surface area contributed by atoms with Crippen LogP contribution in [0.2, 0.25) is 0 Å². The molecule has 1 saturated heterocycles. The number of hydrogen-bond acceptors (Lipinski definition) is 8. The first kappa shape index (κ1) is 27.8. The summed E-state index contributed by atoms with van der Waals surface area (Å²) in [4.78, 5) is 70.8. The second kappa shape index (κ2) is 14.0. The van der Waals surface area contributed by atoms with Gasteiger partial charge in [-0.15, -0.1) is 0 Å². The number of carboxylic acid groups (broad SMARTS) is 2. The molecule has 4 amide bonds. The molecule has 1 fully saturated rings. The third kappa shape index (κ3) is 10.3. The highest BCUT2D eigenvalue weighted by atomic mass is 16.5. The van der Waals surface area contributed by atoms with Crippen molar-refractivity contribution in [2.45, 2.75) is 56.7 Å². The summed E-state index contributed by atoms with van der Waals surface area (Å²) >= 11 is 0. The number of amides is 4. The average molecular weight is 473 g/mol. The van der Waals surface area contributed by atoms with E-state index in [4.69, 9.17) is 26.4 Å². The number of aliphatic carboxylic acids is 2. The van der Waals surface area contributed by atoms with Crippen LogP contribution in [0.5, 0.6) is 0 Å². The Kier molecular flexibility index (Phi) is 11.8. The Hall–Kier alpha value is -3.26. The molecule has 0 radical (unpaired) electrons. The SMILES string of the molecule is NC(=O)[C@@H]1CCCN1C(=O)COCCNC(=O)[C@@H](CCC(=O)O)NC(=O)[C@H](N)CCC(=O)O. The van der Waals surface area contributed by atoms with E-state index in [-0.39, 0.29) is 39.0 Å². The fraction of sp³-hybridized carbons (Fsp3) is 0.684. The van der Waals surface area contributed by atoms with Crippen molar-refractivity contribution < 1.29 is 43.7 Å². The van der Waals surface area contributed by atoms with Gasteiger partial charge < -0.3 is 42.0 Å². The normalized spacial score (nSPS) is 17.1. The highest BCUT2D eigenvalue weighted by molar-refractivity contribution is 5.90. The molecule has 0 aliphatic carbocycles. The highest BCUT2D eigenvalue weighted by Crippen LogP contribution is 2.16. The van der Waals surface area contributed by atoms with Crippen molar-refractivity contribution in [1.82, 2.24) is 15.5 Å². The second-order valence-electron chi connectivity index (χ2n) is 7.52. The summed E-state index contributed by atoms with van der Waals surface area (Å²) in [7, 11) is 0. The molecule has 1 heterocycles. The Morgan fingerprint density at radius 2 is 1.67 bits per heavy atom. The van der Waals surface area contributed by atoms with Gasteiger partial charge in [0, 0.05) is 25.9 Å². The van der Waals surface area contributed by atoms with E-state index in [1.54, 1.807) is 0 Å². The van der Waals surface area contributed by atoms with Gasteiger partial charge in [0.1, 0.15) is 18.7 Å². The van der Waals surface area contributed by atoms with Crippen molar-refractivity contribution in [2.75, 3.05) is 26.3 Å². The average Bonchev–Trinajstić information content (AvgIpc) is 3.24. The number of carboxylic acids is 2. The number of hydrogen-bond donors (Lipinski definition) is 6. The fourth-order valence-corrected chi connectivity index (χ4v) is 3.20. The first-order valence-electron chi connectivity index (χ1n) is 10.5. The molecule has 8 N–H and O–H groups in total. The standard InChI is InChI=1S/C19H31N5O9/c20-11(3-5-15(26)27)18(31)23-12(4-6-16(28)29)19(32)22-7-9-33-10-14(25)24-8-1-2-13(24)17(21)30/h11-13H,1-10,20H2,(H2,21,30)(H,22,32)(H,23,31)(H,26,27)(H,28,29)/t11-,12-,13+/m1/s1. The van der Waals surface area contributed by atoms with E-state index < -0.39 is 60.1 Å². The molecule has 3 atom stereocenters. The van der Waals surface area contributed by atoms with Crippen LogP contribution in [0.15, 0.2) is 0 Å². The Bertz CT molecular complexity index is 745. The number of carbonyl (C=O) groups excluding carboxylic acids is 4. The molecule has 14 heteroatoms. The lowest BCUT2D eigenvalue weighted by atomic mass is 10.1. The summed E-state index contributed by atoms with van der Waals surface area (Å²) in [6, 6.07) is -3.03. The summed E-state index contributed by atoms with van der Waals surface area (Å²) in [5, 5.41) is 22.3. The van der Waals surface area contributed by atoms with Gasteiger partial charge in [0.15, 0.2) is 0 Å². The minimum absolute atomic E-state index is 0.0319. The Labute approximate surface area is 190 Å². The summed E-state index contributed by atoms with van der Waals surface area (Å²) < 4.78 is 5.22. The Morgan fingerprint density at radius 3 is 2.27 bits per heavy atom.